The van der Waals surface area contributed by atoms with E-state index < -0.39 is 21.7 Å². The fourth-order valence-electron chi connectivity index (χ4n) is 3.91. The van der Waals surface area contributed by atoms with Crippen molar-refractivity contribution in [1.82, 2.24) is 13.8 Å². The summed E-state index contributed by atoms with van der Waals surface area (Å²) in [6.07, 6.45) is 0. The van der Waals surface area contributed by atoms with Crippen LogP contribution in [0.1, 0.15) is 26.6 Å². The zero-order valence-corrected chi connectivity index (χ0v) is 19.3. The van der Waals surface area contributed by atoms with Gasteiger partial charge in [-0.2, -0.15) is 4.31 Å². The Balaban J connectivity index is 1.46. The quantitative estimate of drug-likeness (QED) is 0.561. The highest BCUT2D eigenvalue weighted by Crippen LogP contribution is 2.23. The molecule has 1 saturated heterocycles. The first-order valence-electron chi connectivity index (χ1n) is 10.1. The van der Waals surface area contributed by atoms with Crippen LogP contribution in [0.3, 0.4) is 0 Å². The zero-order chi connectivity index (χ0) is 23.0. The maximum Gasteiger partial charge on any atom is 0.255 e. The molecule has 0 spiro atoms. The Bertz CT molecular complexity index is 1250. The number of sulfonamides is 1. The summed E-state index contributed by atoms with van der Waals surface area (Å²) in [7, 11) is -3.97. The second-order valence-corrected chi connectivity index (χ2v) is 10.7. The van der Waals surface area contributed by atoms with Gasteiger partial charge in [0.05, 0.1) is 17.0 Å². The number of aromatic nitrogens is 1. The van der Waals surface area contributed by atoms with E-state index in [0.717, 1.165) is 23.5 Å². The number of aryl methyl sites for hydroxylation is 1. The van der Waals surface area contributed by atoms with Gasteiger partial charge in [0.2, 0.25) is 10.0 Å². The average Bonchev–Trinajstić information content (AvgIpc) is 3.39. The highest BCUT2D eigenvalue weighted by atomic mass is 32.2. The molecule has 1 fully saturated rings. The largest absolute Gasteiger partial charge is 0.343 e. The van der Waals surface area contributed by atoms with Gasteiger partial charge in [0.1, 0.15) is 0 Å². The fraction of sp³-hybridized carbons (Fsp3) is 0.318. The number of hydrogen-bond acceptors (Lipinski definition) is 4. The lowest BCUT2D eigenvalue weighted by Crippen LogP contribution is -2.50. The number of nitrogens with zero attached hydrogens (tertiary/aromatic N) is 3. The standard InChI is InChI=1S/C22H23F2N3O3S2/c1-15-12-19(16(2)27(15)14-17-4-3-11-31-17)22(28)25-7-9-26(10-8-25)32(29,30)18-5-6-20(23)21(24)13-18/h3-6,11-13H,7-10,14H2,1-2H3. The van der Waals surface area contributed by atoms with Gasteiger partial charge < -0.3 is 9.47 Å². The molecule has 1 amide bonds. The van der Waals surface area contributed by atoms with Gasteiger partial charge in [0.15, 0.2) is 11.6 Å². The van der Waals surface area contributed by atoms with E-state index in [1.165, 1.54) is 9.18 Å². The normalized spacial score (nSPS) is 15.3. The van der Waals surface area contributed by atoms with Crippen LogP contribution in [0.4, 0.5) is 8.78 Å². The van der Waals surface area contributed by atoms with Crippen LogP contribution in [0, 0.1) is 25.5 Å². The predicted octanol–water partition coefficient (Wildman–Crippen LogP) is 3.64. The maximum absolute atomic E-state index is 13.5. The van der Waals surface area contributed by atoms with Crippen molar-refractivity contribution < 1.29 is 22.0 Å². The fourth-order valence-corrected chi connectivity index (χ4v) is 6.03. The number of benzene rings is 1. The number of hydrogen-bond donors (Lipinski definition) is 0. The zero-order valence-electron chi connectivity index (χ0n) is 17.7. The van der Waals surface area contributed by atoms with Crippen LogP contribution in [0.2, 0.25) is 0 Å². The summed E-state index contributed by atoms with van der Waals surface area (Å²) >= 11 is 1.66. The number of amides is 1. The van der Waals surface area contributed by atoms with Gasteiger partial charge in [0, 0.05) is 42.4 Å². The number of carbonyl (C=O) groups is 1. The van der Waals surface area contributed by atoms with Crippen molar-refractivity contribution in [2.45, 2.75) is 25.3 Å². The molecule has 0 radical (unpaired) electrons. The van der Waals surface area contributed by atoms with E-state index in [-0.39, 0.29) is 37.0 Å². The van der Waals surface area contributed by atoms with E-state index in [9.17, 15) is 22.0 Å². The molecule has 6 nitrogen and oxygen atoms in total. The molecule has 0 aliphatic carbocycles. The van der Waals surface area contributed by atoms with Crippen molar-refractivity contribution >= 4 is 27.3 Å². The molecule has 2 aromatic heterocycles. The summed E-state index contributed by atoms with van der Waals surface area (Å²) in [6.45, 7) is 5.18. The van der Waals surface area contributed by atoms with E-state index in [2.05, 4.69) is 10.6 Å². The Morgan fingerprint density at radius 3 is 2.38 bits per heavy atom. The van der Waals surface area contributed by atoms with Crippen LogP contribution in [0.15, 0.2) is 46.7 Å². The molecule has 1 aliphatic rings. The molecule has 1 aliphatic heterocycles. The van der Waals surface area contributed by atoms with Crippen molar-refractivity contribution in [2.75, 3.05) is 26.2 Å². The molecule has 0 N–H and O–H groups in total. The molecular formula is C22H23F2N3O3S2. The predicted molar refractivity (Wildman–Crippen MR) is 118 cm³/mol. The molecule has 3 aromatic rings. The minimum Gasteiger partial charge on any atom is -0.343 e. The Morgan fingerprint density at radius 1 is 1.03 bits per heavy atom. The Hall–Kier alpha value is -2.56. The molecular weight excluding hydrogens is 456 g/mol. The molecule has 0 saturated carbocycles. The van der Waals surface area contributed by atoms with Crippen LogP contribution >= 0.6 is 11.3 Å². The summed E-state index contributed by atoms with van der Waals surface area (Å²) in [5.74, 6) is -2.45. The van der Waals surface area contributed by atoms with Crippen LogP contribution in [-0.4, -0.2) is 54.3 Å². The van der Waals surface area contributed by atoms with Crippen molar-refractivity contribution in [3.05, 3.63) is 75.2 Å². The topological polar surface area (TPSA) is 62.6 Å². The summed E-state index contributed by atoms with van der Waals surface area (Å²) in [5.41, 5.74) is 2.47. The van der Waals surface area contributed by atoms with Crippen molar-refractivity contribution in [3.63, 3.8) is 0 Å². The first-order valence-corrected chi connectivity index (χ1v) is 12.4. The van der Waals surface area contributed by atoms with Gasteiger partial charge in [0.25, 0.3) is 5.91 Å². The smallest absolute Gasteiger partial charge is 0.255 e. The van der Waals surface area contributed by atoms with Crippen LogP contribution in [0.25, 0.3) is 0 Å². The first-order chi connectivity index (χ1) is 15.2. The van der Waals surface area contributed by atoms with E-state index in [1.807, 2.05) is 31.4 Å². The van der Waals surface area contributed by atoms with Gasteiger partial charge in [-0.05, 0) is 49.6 Å². The van der Waals surface area contributed by atoms with E-state index in [4.69, 9.17) is 0 Å². The second-order valence-electron chi connectivity index (χ2n) is 7.72. The molecule has 1 aromatic carbocycles. The molecule has 10 heteroatoms. The Kier molecular flexibility index (Phi) is 6.19. The Labute approximate surface area is 189 Å². The van der Waals surface area contributed by atoms with Crippen LogP contribution < -0.4 is 0 Å². The van der Waals surface area contributed by atoms with E-state index in [1.54, 1.807) is 16.2 Å². The molecule has 0 atom stereocenters. The summed E-state index contributed by atoms with van der Waals surface area (Å²) < 4.78 is 55.5. The highest BCUT2D eigenvalue weighted by molar-refractivity contribution is 7.89. The third kappa shape index (κ3) is 4.22. The lowest BCUT2D eigenvalue weighted by molar-refractivity contribution is 0.0697. The number of carbonyl (C=O) groups excluding carboxylic acids is 1. The second kappa shape index (κ2) is 8.76. The van der Waals surface area contributed by atoms with Gasteiger partial charge in [-0.1, -0.05) is 6.07 Å². The van der Waals surface area contributed by atoms with Gasteiger partial charge in [-0.25, -0.2) is 17.2 Å². The number of rotatable bonds is 5. The first kappa shape index (κ1) is 22.6. The number of piperazine rings is 1. The monoisotopic (exact) mass is 479 g/mol. The number of halogens is 2. The Morgan fingerprint density at radius 2 is 1.75 bits per heavy atom. The van der Waals surface area contributed by atoms with Gasteiger partial charge in [-0.3, -0.25) is 4.79 Å². The molecule has 170 valence electrons. The van der Waals surface area contributed by atoms with Crippen LogP contribution in [-0.2, 0) is 16.6 Å². The lowest BCUT2D eigenvalue weighted by atomic mass is 10.2. The minimum absolute atomic E-state index is 0.0843. The van der Waals surface area contributed by atoms with E-state index in [0.29, 0.717) is 18.2 Å². The molecule has 3 heterocycles. The summed E-state index contributed by atoms with van der Waals surface area (Å²) in [4.78, 5) is 15.7. The summed E-state index contributed by atoms with van der Waals surface area (Å²) in [5, 5.41) is 2.02. The molecule has 32 heavy (non-hydrogen) atoms. The molecule has 0 unspecified atom stereocenters. The SMILES string of the molecule is Cc1cc(C(=O)N2CCN(S(=O)(=O)c3ccc(F)c(F)c3)CC2)c(C)n1Cc1cccs1. The highest BCUT2D eigenvalue weighted by Gasteiger charge is 2.32. The lowest BCUT2D eigenvalue weighted by Gasteiger charge is -2.34. The van der Waals surface area contributed by atoms with E-state index >= 15 is 0 Å². The van der Waals surface area contributed by atoms with Gasteiger partial charge in [-0.15, -0.1) is 11.3 Å². The maximum atomic E-state index is 13.5. The molecule has 0 bridgehead atoms. The third-order valence-corrected chi connectivity index (χ3v) is 8.51. The van der Waals surface area contributed by atoms with Crippen molar-refractivity contribution in [2.24, 2.45) is 0 Å². The van der Waals surface area contributed by atoms with Gasteiger partial charge >= 0.3 is 0 Å². The average molecular weight is 480 g/mol. The third-order valence-electron chi connectivity index (χ3n) is 5.75. The summed E-state index contributed by atoms with van der Waals surface area (Å²) in [6, 6.07) is 8.45. The minimum atomic E-state index is -3.97. The number of thiophene rings is 1. The van der Waals surface area contributed by atoms with Crippen molar-refractivity contribution in [1.29, 1.82) is 0 Å². The molecule has 4 rings (SSSR count). The van der Waals surface area contributed by atoms with Crippen LogP contribution in [0.5, 0.6) is 0 Å². The van der Waals surface area contributed by atoms with Crippen molar-refractivity contribution in [3.8, 4) is 0 Å².